The normalized spacial score (nSPS) is 10.5. The molecule has 0 bridgehead atoms. The molecule has 1 rings (SSSR count). The van der Waals surface area contributed by atoms with Crippen LogP contribution in [0.5, 0.6) is 11.5 Å². The van der Waals surface area contributed by atoms with Gasteiger partial charge in [-0.3, -0.25) is 5.43 Å². The summed E-state index contributed by atoms with van der Waals surface area (Å²) >= 11 is 4.62. The number of aromatic hydroxyl groups is 1. The lowest BCUT2D eigenvalue weighted by molar-refractivity contribution is 0.408. The number of hydrogen-bond acceptors (Lipinski definition) is 4. The molecule has 1 aromatic rings. The molecule has 0 aliphatic carbocycles. The molecule has 0 radical (unpaired) electrons. The van der Waals surface area contributed by atoms with Crippen LogP contribution in [0.3, 0.4) is 0 Å². The number of nitrogens with zero attached hydrogens (tertiary/aromatic N) is 1. The second kappa shape index (κ2) is 5.49. The summed E-state index contributed by atoms with van der Waals surface area (Å²) < 4.78 is 5.21. The van der Waals surface area contributed by atoms with Gasteiger partial charge in [0.2, 0.25) is 0 Å². The number of methoxy groups -OCH3 is 1. The molecule has 0 saturated heterocycles. The van der Waals surface area contributed by atoms with Gasteiger partial charge in [-0.15, -0.1) is 0 Å². The molecule has 0 aromatic heterocycles. The van der Waals surface area contributed by atoms with E-state index in [1.54, 1.807) is 20.1 Å². The van der Waals surface area contributed by atoms with Gasteiger partial charge in [0, 0.05) is 11.1 Å². The van der Waals surface area contributed by atoms with Crippen LogP contribution in [-0.4, -0.2) is 23.5 Å². The van der Waals surface area contributed by atoms with Crippen molar-refractivity contribution < 1.29 is 9.84 Å². The van der Waals surface area contributed by atoms with Gasteiger partial charge in [0.1, 0.15) is 11.5 Å². The summed E-state index contributed by atoms with van der Waals surface area (Å²) in [5.41, 5.74) is 9.75. The molecule has 92 valence electrons. The lowest BCUT2D eigenvalue weighted by atomic mass is 10.0. The average molecular weight is 253 g/mol. The Labute approximate surface area is 105 Å². The van der Waals surface area contributed by atoms with Crippen LogP contribution in [0.2, 0.25) is 0 Å². The van der Waals surface area contributed by atoms with Gasteiger partial charge in [-0.1, -0.05) is 0 Å². The molecule has 5 nitrogen and oxygen atoms in total. The molecule has 0 fully saturated rings. The first-order valence-corrected chi connectivity index (χ1v) is 5.33. The van der Waals surface area contributed by atoms with Gasteiger partial charge in [0.25, 0.3) is 0 Å². The highest BCUT2D eigenvalue weighted by Crippen LogP contribution is 2.31. The minimum Gasteiger partial charge on any atom is -0.507 e. The van der Waals surface area contributed by atoms with E-state index >= 15 is 0 Å². The van der Waals surface area contributed by atoms with Crippen LogP contribution in [0.25, 0.3) is 0 Å². The maximum atomic E-state index is 9.92. The Balaban J connectivity index is 3.17. The quantitative estimate of drug-likeness (QED) is 0.428. The van der Waals surface area contributed by atoms with E-state index in [1.807, 2.05) is 6.92 Å². The third-order valence-corrected chi connectivity index (χ3v) is 2.43. The molecule has 1 aromatic carbocycles. The largest absolute Gasteiger partial charge is 0.507 e. The van der Waals surface area contributed by atoms with Crippen LogP contribution < -0.4 is 15.9 Å². The van der Waals surface area contributed by atoms with Gasteiger partial charge in [0.05, 0.1) is 13.3 Å². The second-order valence-corrected chi connectivity index (χ2v) is 3.96. The zero-order valence-corrected chi connectivity index (χ0v) is 10.8. The van der Waals surface area contributed by atoms with E-state index in [-0.39, 0.29) is 10.9 Å². The van der Waals surface area contributed by atoms with Crippen molar-refractivity contribution in [3.8, 4) is 11.5 Å². The smallest absolute Gasteiger partial charge is 0.184 e. The summed E-state index contributed by atoms with van der Waals surface area (Å²) in [6.07, 6.45) is 1.46. The number of nitrogens with two attached hydrogens (primary N) is 1. The van der Waals surface area contributed by atoms with Crippen LogP contribution >= 0.6 is 12.2 Å². The van der Waals surface area contributed by atoms with E-state index < -0.39 is 0 Å². The van der Waals surface area contributed by atoms with E-state index in [0.29, 0.717) is 16.9 Å². The molecular formula is C11H15N3O2S. The van der Waals surface area contributed by atoms with Crippen molar-refractivity contribution >= 4 is 23.5 Å². The molecule has 0 heterocycles. The predicted molar refractivity (Wildman–Crippen MR) is 71.6 cm³/mol. The summed E-state index contributed by atoms with van der Waals surface area (Å²) in [5.74, 6) is 0.855. The fourth-order valence-corrected chi connectivity index (χ4v) is 1.48. The summed E-state index contributed by atoms with van der Waals surface area (Å²) in [4.78, 5) is 0. The fourth-order valence-electron chi connectivity index (χ4n) is 1.43. The molecule has 17 heavy (non-hydrogen) atoms. The minimum atomic E-state index is 0.0676. The third-order valence-electron chi connectivity index (χ3n) is 2.34. The standard InChI is InChI=1S/C11H15N3O2S/c1-6-4-9(16-3)7(2)8(10(6)15)5-13-14-11(12)17/h4-5,15H,1-3H3,(H3,12,14,17). The van der Waals surface area contributed by atoms with E-state index in [1.165, 1.54) is 6.21 Å². The van der Waals surface area contributed by atoms with Crippen molar-refractivity contribution in [1.82, 2.24) is 5.43 Å². The van der Waals surface area contributed by atoms with Crippen molar-refractivity contribution in [1.29, 1.82) is 0 Å². The van der Waals surface area contributed by atoms with Crippen molar-refractivity contribution in [2.75, 3.05) is 7.11 Å². The van der Waals surface area contributed by atoms with Gasteiger partial charge < -0.3 is 15.6 Å². The number of benzene rings is 1. The number of rotatable bonds is 3. The summed E-state index contributed by atoms with van der Waals surface area (Å²) in [5, 5.41) is 13.8. The topological polar surface area (TPSA) is 79.9 Å². The highest BCUT2D eigenvalue weighted by molar-refractivity contribution is 7.80. The molecule has 4 N–H and O–H groups in total. The van der Waals surface area contributed by atoms with E-state index in [0.717, 1.165) is 5.56 Å². The molecule has 0 amide bonds. The highest BCUT2D eigenvalue weighted by Gasteiger charge is 2.11. The minimum absolute atomic E-state index is 0.0676. The monoisotopic (exact) mass is 253 g/mol. The number of thiocarbonyl (C=S) groups is 1. The van der Waals surface area contributed by atoms with E-state index in [9.17, 15) is 5.11 Å². The molecule has 0 spiro atoms. The van der Waals surface area contributed by atoms with Crippen molar-refractivity contribution in [2.24, 2.45) is 10.8 Å². The molecule has 0 aliphatic heterocycles. The summed E-state index contributed by atoms with van der Waals surface area (Å²) in [6, 6.07) is 1.77. The Hall–Kier alpha value is -1.82. The van der Waals surface area contributed by atoms with Crippen LogP contribution in [-0.2, 0) is 0 Å². The number of phenolic OH excluding ortho intramolecular Hbond substituents is 1. The van der Waals surface area contributed by atoms with Crippen molar-refractivity contribution in [3.63, 3.8) is 0 Å². The van der Waals surface area contributed by atoms with Gasteiger partial charge in [-0.05, 0) is 37.7 Å². The molecule has 0 saturated carbocycles. The van der Waals surface area contributed by atoms with Gasteiger partial charge in [0.15, 0.2) is 5.11 Å². The summed E-state index contributed by atoms with van der Waals surface area (Å²) in [7, 11) is 1.58. The molecule has 0 unspecified atom stereocenters. The maximum absolute atomic E-state index is 9.92. The number of ether oxygens (including phenoxy) is 1. The molecular weight excluding hydrogens is 238 g/mol. The first kappa shape index (κ1) is 13.2. The third kappa shape index (κ3) is 3.07. The van der Waals surface area contributed by atoms with Crippen LogP contribution in [0.15, 0.2) is 11.2 Å². The maximum Gasteiger partial charge on any atom is 0.184 e. The average Bonchev–Trinajstić information content (AvgIpc) is 2.27. The zero-order chi connectivity index (χ0) is 13.0. The Morgan fingerprint density at radius 1 is 1.59 bits per heavy atom. The molecule has 6 heteroatoms. The highest BCUT2D eigenvalue weighted by atomic mass is 32.1. The predicted octanol–water partition coefficient (Wildman–Crippen LogP) is 1.18. The van der Waals surface area contributed by atoms with Crippen LogP contribution in [0.4, 0.5) is 0 Å². The Kier molecular flexibility index (Phi) is 4.28. The number of hydrogen-bond donors (Lipinski definition) is 3. The number of phenols is 1. The zero-order valence-electron chi connectivity index (χ0n) is 9.94. The number of nitrogens with one attached hydrogen (secondary N) is 1. The van der Waals surface area contributed by atoms with Crippen LogP contribution in [0, 0.1) is 13.8 Å². The Morgan fingerprint density at radius 2 is 2.24 bits per heavy atom. The van der Waals surface area contributed by atoms with Crippen molar-refractivity contribution in [2.45, 2.75) is 13.8 Å². The Morgan fingerprint density at radius 3 is 2.76 bits per heavy atom. The van der Waals surface area contributed by atoms with Gasteiger partial charge >= 0.3 is 0 Å². The first-order chi connectivity index (χ1) is 7.97. The fraction of sp³-hybridized carbons (Fsp3) is 0.273. The van der Waals surface area contributed by atoms with Gasteiger partial charge in [-0.2, -0.15) is 5.10 Å². The Bertz CT molecular complexity index is 472. The lowest BCUT2D eigenvalue weighted by Gasteiger charge is -2.11. The second-order valence-electron chi connectivity index (χ2n) is 3.52. The van der Waals surface area contributed by atoms with Crippen LogP contribution in [0.1, 0.15) is 16.7 Å². The van der Waals surface area contributed by atoms with Gasteiger partial charge in [-0.25, -0.2) is 0 Å². The number of aryl methyl sites for hydroxylation is 1. The molecule has 0 aliphatic rings. The lowest BCUT2D eigenvalue weighted by Crippen LogP contribution is -2.24. The SMILES string of the molecule is COc1cc(C)c(O)c(C=NNC(N)=S)c1C. The van der Waals surface area contributed by atoms with Crippen molar-refractivity contribution in [3.05, 3.63) is 22.8 Å². The van der Waals surface area contributed by atoms with E-state index in [2.05, 4.69) is 22.7 Å². The number of hydrazone groups is 1. The summed E-state index contributed by atoms with van der Waals surface area (Å²) in [6.45, 7) is 3.62. The van der Waals surface area contributed by atoms with E-state index in [4.69, 9.17) is 10.5 Å². The molecule has 0 atom stereocenters. The first-order valence-electron chi connectivity index (χ1n) is 4.93.